The average molecular weight is 488 g/mol. The van der Waals surface area contributed by atoms with E-state index in [0.717, 1.165) is 0 Å². The summed E-state index contributed by atoms with van der Waals surface area (Å²) in [6.45, 7) is 7.93. The highest BCUT2D eigenvalue weighted by Crippen LogP contribution is 2.26. The summed E-state index contributed by atoms with van der Waals surface area (Å²) in [4.78, 5) is 27.6. The number of rotatable bonds is 10. The van der Waals surface area contributed by atoms with Crippen molar-refractivity contribution in [2.45, 2.75) is 70.9 Å². The van der Waals surface area contributed by atoms with Crippen LogP contribution in [0.1, 0.15) is 50.9 Å². The molecule has 2 unspecified atom stereocenters. The molecule has 2 rings (SSSR count). The number of aliphatic hydroxyl groups excluding tert-OH is 1. The summed E-state index contributed by atoms with van der Waals surface area (Å²) in [5, 5.41) is 15.2. The number of methoxy groups -OCH3 is 1. The Hall–Kier alpha value is -2.33. The van der Waals surface area contributed by atoms with Crippen LogP contribution in [0.3, 0.4) is 0 Å². The lowest BCUT2D eigenvalue weighted by Gasteiger charge is -2.33. The Kier molecular flexibility index (Phi) is 9.75. The van der Waals surface area contributed by atoms with Gasteiger partial charge in [0.15, 0.2) is 6.10 Å². The van der Waals surface area contributed by atoms with Gasteiger partial charge in [-0.15, -0.1) is 0 Å². The Morgan fingerprint density at radius 3 is 2.24 bits per heavy atom. The summed E-state index contributed by atoms with van der Waals surface area (Å²) in [7, 11) is 1.54. The molecule has 1 aromatic carbocycles. The van der Waals surface area contributed by atoms with Crippen molar-refractivity contribution in [1.29, 1.82) is 0 Å². The fraction of sp³-hybridized carbons (Fsp3) is 0.667. The highest BCUT2D eigenvalue weighted by Gasteiger charge is 2.46. The number of carbonyl (C=O) groups excluding carboxylic acids is 2. The maximum absolute atomic E-state index is 13.1. The minimum absolute atomic E-state index is 0.0574. The normalized spacial score (nSPS) is 19.7. The molecular weight excluding hydrogens is 451 g/mol. The van der Waals surface area contributed by atoms with E-state index in [1.54, 1.807) is 31.4 Å². The molecule has 1 aliphatic heterocycles. The first-order chi connectivity index (χ1) is 15.8. The smallest absolute Gasteiger partial charge is 0.416 e. The van der Waals surface area contributed by atoms with Gasteiger partial charge in [0.25, 0.3) is 5.91 Å². The maximum Gasteiger partial charge on any atom is 0.416 e. The lowest BCUT2D eigenvalue weighted by atomic mass is 9.97. The molecule has 1 saturated heterocycles. The molecule has 0 bridgehead atoms. The van der Waals surface area contributed by atoms with Crippen LogP contribution in [0, 0.1) is 11.8 Å². The second-order valence-corrected chi connectivity index (χ2v) is 9.47. The average Bonchev–Trinajstić information content (AvgIpc) is 3.23. The van der Waals surface area contributed by atoms with E-state index in [1.807, 2.05) is 18.7 Å². The third-order valence-corrected chi connectivity index (χ3v) is 6.27. The summed E-state index contributed by atoms with van der Waals surface area (Å²) in [5.74, 6) is -0.707. The van der Waals surface area contributed by atoms with Crippen LogP contribution in [0.2, 0.25) is 0 Å². The van der Waals surface area contributed by atoms with Crippen molar-refractivity contribution in [2.24, 2.45) is 11.8 Å². The number of nitrogens with one attached hydrogen (secondary N) is 2. The molecule has 3 N–H and O–H groups in total. The monoisotopic (exact) mass is 487 g/mol. The first-order valence-corrected chi connectivity index (χ1v) is 11.6. The van der Waals surface area contributed by atoms with Gasteiger partial charge in [0.1, 0.15) is 5.75 Å². The zero-order valence-corrected chi connectivity index (χ0v) is 20.4. The number of likely N-dealkylation sites (tertiary alicyclic amines) is 1. The lowest BCUT2D eigenvalue weighted by Crippen LogP contribution is -2.57. The molecule has 0 spiro atoms. The van der Waals surface area contributed by atoms with Crippen molar-refractivity contribution in [3.8, 4) is 5.75 Å². The highest BCUT2D eigenvalue weighted by molar-refractivity contribution is 5.94. The Balaban J connectivity index is 2.07. The van der Waals surface area contributed by atoms with Crippen LogP contribution in [0.25, 0.3) is 0 Å². The zero-order valence-electron chi connectivity index (χ0n) is 20.4. The van der Waals surface area contributed by atoms with Gasteiger partial charge in [-0.2, -0.15) is 13.2 Å². The maximum atomic E-state index is 13.1. The van der Waals surface area contributed by atoms with E-state index in [0.29, 0.717) is 37.2 Å². The molecule has 34 heavy (non-hydrogen) atoms. The van der Waals surface area contributed by atoms with Crippen LogP contribution in [0.5, 0.6) is 5.75 Å². The largest absolute Gasteiger partial charge is 0.497 e. The van der Waals surface area contributed by atoms with Crippen molar-refractivity contribution >= 4 is 11.8 Å². The summed E-state index contributed by atoms with van der Waals surface area (Å²) in [6.07, 6.45) is -6.26. The number of nitrogens with zero attached hydrogens (tertiary/aromatic N) is 1. The van der Waals surface area contributed by atoms with E-state index in [4.69, 9.17) is 4.74 Å². The highest BCUT2D eigenvalue weighted by atomic mass is 19.4. The molecule has 0 aliphatic carbocycles. The van der Waals surface area contributed by atoms with Gasteiger partial charge in [-0.05, 0) is 55.5 Å². The number of hydrogen-bond acceptors (Lipinski definition) is 5. The number of halogens is 3. The predicted molar refractivity (Wildman–Crippen MR) is 123 cm³/mol. The van der Waals surface area contributed by atoms with Crippen molar-refractivity contribution in [3.63, 3.8) is 0 Å². The molecule has 7 nitrogen and oxygen atoms in total. The van der Waals surface area contributed by atoms with Crippen molar-refractivity contribution in [3.05, 3.63) is 29.8 Å². The van der Waals surface area contributed by atoms with Crippen molar-refractivity contribution < 1.29 is 32.6 Å². The molecule has 192 valence electrons. The molecule has 0 saturated carbocycles. The number of alkyl halides is 3. The van der Waals surface area contributed by atoms with E-state index in [9.17, 15) is 27.9 Å². The Bertz CT molecular complexity index is 815. The third kappa shape index (κ3) is 7.33. The number of aliphatic hydroxyl groups is 1. The van der Waals surface area contributed by atoms with E-state index < -0.39 is 36.2 Å². The van der Waals surface area contributed by atoms with Crippen LogP contribution in [0.15, 0.2) is 24.3 Å². The second kappa shape index (κ2) is 11.9. The molecular formula is C24H36F3N3O4. The standard InChI is InChI=1S/C24H36F3N3O4/c1-14(2)18(28-22(32)16-8-10-17(34-5)11-9-16)13-30-12-6-7-19(30)23(33)29-20(15(3)4)21(31)24(25,26)27/h8-11,14-15,18-21,31H,6-7,12-13H2,1-5H3,(H,28,32)(H,29,33)/t18-,19+,20?,21?/m1/s1. The molecule has 4 atom stereocenters. The van der Waals surface area contributed by atoms with Gasteiger partial charge in [0, 0.05) is 18.2 Å². The zero-order chi connectivity index (χ0) is 25.6. The van der Waals surface area contributed by atoms with Gasteiger partial charge < -0.3 is 20.5 Å². The third-order valence-electron chi connectivity index (χ3n) is 6.27. The quantitative estimate of drug-likeness (QED) is 0.472. The van der Waals surface area contributed by atoms with E-state index in [2.05, 4.69) is 10.6 Å². The molecule has 1 fully saturated rings. The fourth-order valence-electron chi connectivity index (χ4n) is 4.09. The Morgan fingerprint density at radius 2 is 1.74 bits per heavy atom. The predicted octanol–water partition coefficient (Wildman–Crippen LogP) is 2.98. The lowest BCUT2D eigenvalue weighted by molar-refractivity contribution is -0.215. The van der Waals surface area contributed by atoms with Crippen LogP contribution in [-0.2, 0) is 4.79 Å². The van der Waals surface area contributed by atoms with Gasteiger partial charge in [0.05, 0.1) is 19.2 Å². The van der Waals surface area contributed by atoms with E-state index >= 15 is 0 Å². The molecule has 0 aromatic heterocycles. The molecule has 1 heterocycles. The molecule has 1 aliphatic rings. The van der Waals surface area contributed by atoms with Crippen molar-refractivity contribution in [1.82, 2.24) is 15.5 Å². The van der Waals surface area contributed by atoms with Crippen molar-refractivity contribution in [2.75, 3.05) is 20.2 Å². The second-order valence-electron chi connectivity index (χ2n) is 9.47. The summed E-state index contributed by atoms with van der Waals surface area (Å²) < 4.78 is 44.3. The SMILES string of the molecule is COc1ccc(C(=O)N[C@H](CN2CCC[C@H]2C(=O)NC(C(C)C)C(O)C(F)(F)F)C(C)C)cc1. The van der Waals surface area contributed by atoms with Gasteiger partial charge in [0.2, 0.25) is 5.91 Å². The molecule has 1 aromatic rings. The number of carbonyl (C=O) groups is 2. The fourth-order valence-corrected chi connectivity index (χ4v) is 4.09. The number of amides is 2. The number of hydrogen-bond donors (Lipinski definition) is 3. The van der Waals surface area contributed by atoms with E-state index in [-0.39, 0.29) is 17.9 Å². The summed E-state index contributed by atoms with van der Waals surface area (Å²) >= 11 is 0. The van der Waals surface area contributed by atoms with Gasteiger partial charge in [-0.3, -0.25) is 14.5 Å². The van der Waals surface area contributed by atoms with Crippen LogP contribution < -0.4 is 15.4 Å². The Morgan fingerprint density at radius 1 is 1.12 bits per heavy atom. The van der Waals surface area contributed by atoms with Gasteiger partial charge in [-0.25, -0.2) is 0 Å². The number of ether oxygens (including phenoxy) is 1. The topological polar surface area (TPSA) is 90.9 Å². The molecule has 2 amide bonds. The van der Waals surface area contributed by atoms with Gasteiger partial charge >= 0.3 is 6.18 Å². The van der Waals surface area contributed by atoms with Crippen LogP contribution in [-0.4, -0.2) is 72.4 Å². The van der Waals surface area contributed by atoms with Crippen LogP contribution in [0.4, 0.5) is 13.2 Å². The van der Waals surface area contributed by atoms with E-state index in [1.165, 1.54) is 13.8 Å². The summed E-state index contributed by atoms with van der Waals surface area (Å²) in [5.41, 5.74) is 0.475. The first-order valence-electron chi connectivity index (χ1n) is 11.6. The first kappa shape index (κ1) is 27.9. The van der Waals surface area contributed by atoms with Crippen LogP contribution >= 0.6 is 0 Å². The Labute approximate surface area is 199 Å². The summed E-state index contributed by atoms with van der Waals surface area (Å²) in [6, 6.07) is 4.38. The molecule has 0 radical (unpaired) electrons. The minimum atomic E-state index is -4.83. The molecule has 10 heteroatoms. The minimum Gasteiger partial charge on any atom is -0.497 e. The van der Waals surface area contributed by atoms with Gasteiger partial charge in [-0.1, -0.05) is 27.7 Å². The number of benzene rings is 1.